The number of nitrogens with zero attached hydrogens (tertiary/aromatic N) is 2. The van der Waals surface area contributed by atoms with Crippen LogP contribution in [0, 0.1) is 20.8 Å². The largest absolute Gasteiger partial charge is 0.228 e. The molecular weight excluding hydrogens is 270 g/mol. The highest BCUT2D eigenvalue weighted by atomic mass is 127. The number of allylic oxidation sites excluding steroid dienone is 1. The van der Waals surface area contributed by atoms with Gasteiger partial charge in [0.05, 0.1) is 6.07 Å². The van der Waals surface area contributed by atoms with Crippen LogP contribution in [-0.4, -0.2) is 4.98 Å². The van der Waals surface area contributed by atoms with Crippen LogP contribution >= 0.6 is 22.6 Å². The third kappa shape index (κ3) is 2.01. The normalized spacial score (nSPS) is 10.1. The molecule has 0 saturated carbocycles. The zero-order valence-corrected chi connectivity index (χ0v) is 8.12. The predicted molar refractivity (Wildman–Crippen MR) is 51.6 cm³/mol. The highest BCUT2D eigenvalue weighted by Gasteiger charge is 2.02. The van der Waals surface area contributed by atoms with Gasteiger partial charge in [-0.25, -0.2) is 4.98 Å². The molecule has 60 valence electrons. The molecule has 0 aliphatic rings. The Hall–Kier alpha value is -0.960. The van der Waals surface area contributed by atoms with Crippen LogP contribution in [0.5, 0.6) is 0 Å². The summed E-state index contributed by atoms with van der Waals surface area (Å²) >= 11 is 1.99. The molecule has 1 aromatic rings. The van der Waals surface area contributed by atoms with Gasteiger partial charge in [0, 0.05) is 21.4 Å². The molecule has 0 saturated heterocycles. The first kappa shape index (κ1) is 9.13. The van der Waals surface area contributed by atoms with Gasteiger partial charge in [-0.15, -0.1) is 0 Å². The lowest BCUT2D eigenvalue weighted by Crippen LogP contribution is -1.89. The minimum absolute atomic E-state index is 0.361. The van der Waals surface area contributed by atoms with Crippen molar-refractivity contribution in [3.63, 3.8) is 0 Å². The van der Waals surface area contributed by atoms with E-state index in [1.807, 2.05) is 22.6 Å². The van der Waals surface area contributed by atoms with Gasteiger partial charge in [-0.05, 0) is 34.7 Å². The number of rotatable bonds is 1. The van der Waals surface area contributed by atoms with Crippen molar-refractivity contribution in [2.24, 2.45) is 0 Å². The van der Waals surface area contributed by atoms with Crippen LogP contribution in [0.25, 0.3) is 6.08 Å². The second-order valence-corrected chi connectivity index (χ2v) is 3.12. The van der Waals surface area contributed by atoms with E-state index in [1.54, 1.807) is 12.1 Å². The second kappa shape index (κ2) is 4.16. The first-order chi connectivity index (χ1) is 5.75. The van der Waals surface area contributed by atoms with E-state index in [0.29, 0.717) is 5.56 Å². The molecule has 0 amide bonds. The number of hydrogen-bond donors (Lipinski definition) is 0. The maximum Gasteiger partial charge on any atom is 0.221 e. The van der Waals surface area contributed by atoms with Gasteiger partial charge in [-0.2, -0.15) is 9.65 Å². The summed E-state index contributed by atoms with van der Waals surface area (Å²) in [6.07, 6.45) is 4.02. The van der Waals surface area contributed by atoms with Gasteiger partial charge >= 0.3 is 0 Å². The SMILES string of the molecule is N#CC=Cc1c(I)ccnc1F. The molecule has 1 rings (SSSR count). The van der Waals surface area contributed by atoms with Gasteiger partial charge < -0.3 is 0 Å². The van der Waals surface area contributed by atoms with Crippen LogP contribution in [0.2, 0.25) is 0 Å². The molecule has 0 aliphatic carbocycles. The van der Waals surface area contributed by atoms with Crippen molar-refractivity contribution in [2.75, 3.05) is 0 Å². The molecule has 2 nitrogen and oxygen atoms in total. The van der Waals surface area contributed by atoms with Crippen molar-refractivity contribution >= 4 is 28.7 Å². The van der Waals surface area contributed by atoms with E-state index in [1.165, 1.54) is 18.3 Å². The highest BCUT2D eigenvalue weighted by molar-refractivity contribution is 14.1. The van der Waals surface area contributed by atoms with E-state index in [4.69, 9.17) is 5.26 Å². The molecule has 0 spiro atoms. The Morgan fingerprint density at radius 3 is 3.00 bits per heavy atom. The molecule has 1 aromatic heterocycles. The zero-order valence-electron chi connectivity index (χ0n) is 5.96. The van der Waals surface area contributed by atoms with Crippen molar-refractivity contribution in [1.29, 1.82) is 5.26 Å². The lowest BCUT2D eigenvalue weighted by atomic mass is 10.2. The number of nitriles is 1. The third-order valence-corrected chi connectivity index (χ3v) is 2.15. The van der Waals surface area contributed by atoms with Crippen LogP contribution < -0.4 is 0 Å². The summed E-state index contributed by atoms with van der Waals surface area (Å²) in [5.74, 6) is -0.548. The lowest BCUT2D eigenvalue weighted by molar-refractivity contribution is 0.580. The molecule has 0 fully saturated rings. The fraction of sp³-hybridized carbons (Fsp3) is 0. The molecule has 0 atom stereocenters. The molecule has 0 radical (unpaired) electrons. The van der Waals surface area contributed by atoms with Crippen LogP contribution in [0.3, 0.4) is 0 Å². The average molecular weight is 274 g/mol. The number of aromatic nitrogens is 1. The van der Waals surface area contributed by atoms with Crippen LogP contribution in [0.15, 0.2) is 18.3 Å². The molecule has 0 bridgehead atoms. The topological polar surface area (TPSA) is 36.7 Å². The van der Waals surface area contributed by atoms with Crippen molar-refractivity contribution in [3.8, 4) is 6.07 Å². The minimum Gasteiger partial charge on any atom is -0.228 e. The molecule has 0 N–H and O–H groups in total. The van der Waals surface area contributed by atoms with Gasteiger partial charge in [0.2, 0.25) is 5.95 Å². The molecule has 1 heterocycles. The van der Waals surface area contributed by atoms with Crippen LogP contribution in [0.1, 0.15) is 5.56 Å². The van der Waals surface area contributed by atoms with E-state index >= 15 is 0 Å². The molecule has 0 aliphatic heterocycles. The average Bonchev–Trinajstić information content (AvgIpc) is 2.04. The Kier molecular flexibility index (Phi) is 3.17. The number of halogens is 2. The monoisotopic (exact) mass is 274 g/mol. The maximum atomic E-state index is 12.9. The van der Waals surface area contributed by atoms with Crippen molar-refractivity contribution < 1.29 is 4.39 Å². The van der Waals surface area contributed by atoms with E-state index in [-0.39, 0.29) is 0 Å². The van der Waals surface area contributed by atoms with Crippen LogP contribution in [0.4, 0.5) is 4.39 Å². The molecule has 4 heteroatoms. The molecule has 0 aromatic carbocycles. The Morgan fingerprint density at radius 2 is 2.42 bits per heavy atom. The predicted octanol–water partition coefficient (Wildman–Crippen LogP) is 2.36. The van der Waals surface area contributed by atoms with Gasteiger partial charge in [-0.3, -0.25) is 0 Å². The number of hydrogen-bond acceptors (Lipinski definition) is 2. The summed E-state index contributed by atoms with van der Waals surface area (Å²) in [4.78, 5) is 3.46. The fourth-order valence-electron chi connectivity index (χ4n) is 0.695. The van der Waals surface area contributed by atoms with Gasteiger partial charge in [0.1, 0.15) is 0 Å². The van der Waals surface area contributed by atoms with Crippen LogP contribution in [-0.2, 0) is 0 Å². The first-order valence-electron chi connectivity index (χ1n) is 3.12. The second-order valence-electron chi connectivity index (χ2n) is 1.96. The summed E-state index contributed by atoms with van der Waals surface area (Å²) in [7, 11) is 0. The molecule has 0 unspecified atom stereocenters. The van der Waals surface area contributed by atoms with Gasteiger partial charge in [-0.1, -0.05) is 0 Å². The maximum absolute atomic E-state index is 12.9. The number of pyridine rings is 1. The lowest BCUT2D eigenvalue weighted by Gasteiger charge is -1.96. The minimum atomic E-state index is -0.548. The van der Waals surface area contributed by atoms with E-state index in [0.717, 1.165) is 3.57 Å². The quantitative estimate of drug-likeness (QED) is 0.448. The zero-order chi connectivity index (χ0) is 8.97. The molecular formula is C8H4FIN2. The summed E-state index contributed by atoms with van der Waals surface area (Å²) in [5.41, 5.74) is 0.361. The highest BCUT2D eigenvalue weighted by Crippen LogP contribution is 2.14. The summed E-state index contributed by atoms with van der Waals surface area (Å²) in [5, 5.41) is 8.23. The van der Waals surface area contributed by atoms with Crippen molar-refractivity contribution in [3.05, 3.63) is 33.4 Å². The van der Waals surface area contributed by atoms with Gasteiger partial charge in [0.15, 0.2) is 0 Å². The van der Waals surface area contributed by atoms with Crippen molar-refractivity contribution in [1.82, 2.24) is 4.98 Å². The summed E-state index contributed by atoms with van der Waals surface area (Å²) in [6, 6.07) is 3.47. The summed E-state index contributed by atoms with van der Waals surface area (Å²) in [6.45, 7) is 0. The smallest absolute Gasteiger partial charge is 0.221 e. The Balaban J connectivity index is 3.15. The van der Waals surface area contributed by atoms with E-state index < -0.39 is 5.95 Å². The Labute approximate surface area is 82.9 Å². The first-order valence-corrected chi connectivity index (χ1v) is 4.19. The standard InChI is InChI=1S/C8H4FIN2/c9-8-6(2-1-4-11)7(10)3-5-12-8/h1-3,5H. The Morgan fingerprint density at radius 1 is 1.67 bits per heavy atom. The van der Waals surface area contributed by atoms with E-state index in [2.05, 4.69) is 4.98 Å². The van der Waals surface area contributed by atoms with Gasteiger partial charge in [0.25, 0.3) is 0 Å². The Bertz CT molecular complexity index is 334. The fourth-order valence-corrected chi connectivity index (χ4v) is 1.26. The van der Waals surface area contributed by atoms with E-state index in [9.17, 15) is 4.39 Å². The van der Waals surface area contributed by atoms with Crippen molar-refractivity contribution in [2.45, 2.75) is 0 Å². The summed E-state index contributed by atoms with van der Waals surface area (Å²) < 4.78 is 13.6. The molecule has 12 heavy (non-hydrogen) atoms. The third-order valence-electron chi connectivity index (χ3n) is 1.21.